The maximum absolute atomic E-state index is 5.91. The van der Waals surface area contributed by atoms with Crippen molar-refractivity contribution in [2.75, 3.05) is 21.3 Å². The first-order chi connectivity index (χ1) is 12.2. The summed E-state index contributed by atoms with van der Waals surface area (Å²) in [5, 5.41) is 4.58. The van der Waals surface area contributed by atoms with Crippen molar-refractivity contribution in [3.63, 3.8) is 0 Å². The van der Waals surface area contributed by atoms with Crippen molar-refractivity contribution in [2.24, 2.45) is 0 Å². The maximum atomic E-state index is 5.91. The monoisotopic (exact) mass is 341 g/mol. The third-order valence-corrected chi connectivity index (χ3v) is 4.21. The average Bonchev–Trinajstić information content (AvgIpc) is 3.09. The summed E-state index contributed by atoms with van der Waals surface area (Å²) in [6.07, 6.45) is 0. The SMILES string of the molecule is COc1cc(CNC(C)c2cc3ccccc3o2)cc(OC)c1OC. The average molecular weight is 341 g/mol. The van der Waals surface area contributed by atoms with Crippen molar-refractivity contribution in [1.29, 1.82) is 0 Å². The van der Waals surface area contributed by atoms with E-state index in [-0.39, 0.29) is 6.04 Å². The number of furan rings is 1. The van der Waals surface area contributed by atoms with Crippen LogP contribution in [0.15, 0.2) is 46.9 Å². The van der Waals surface area contributed by atoms with Crippen molar-refractivity contribution >= 4 is 11.0 Å². The number of hydrogen-bond acceptors (Lipinski definition) is 5. The van der Waals surface area contributed by atoms with Crippen molar-refractivity contribution < 1.29 is 18.6 Å². The summed E-state index contributed by atoms with van der Waals surface area (Å²) in [6, 6.07) is 14.0. The highest BCUT2D eigenvalue weighted by Crippen LogP contribution is 2.38. The lowest BCUT2D eigenvalue weighted by Gasteiger charge is -2.16. The lowest BCUT2D eigenvalue weighted by atomic mass is 10.1. The van der Waals surface area contributed by atoms with E-state index < -0.39 is 0 Å². The van der Waals surface area contributed by atoms with Crippen molar-refractivity contribution in [3.05, 3.63) is 53.8 Å². The fourth-order valence-electron chi connectivity index (χ4n) is 2.82. The number of para-hydroxylation sites is 1. The van der Waals surface area contributed by atoms with Crippen LogP contribution in [0.2, 0.25) is 0 Å². The molecule has 0 amide bonds. The summed E-state index contributed by atoms with van der Waals surface area (Å²) < 4.78 is 22.1. The smallest absolute Gasteiger partial charge is 0.203 e. The predicted molar refractivity (Wildman–Crippen MR) is 97.6 cm³/mol. The molecule has 0 aliphatic heterocycles. The number of nitrogens with one attached hydrogen (secondary N) is 1. The molecule has 0 bridgehead atoms. The minimum Gasteiger partial charge on any atom is -0.493 e. The molecule has 1 unspecified atom stereocenters. The summed E-state index contributed by atoms with van der Waals surface area (Å²) in [6.45, 7) is 2.73. The second-order valence-corrected chi connectivity index (χ2v) is 5.82. The zero-order valence-corrected chi connectivity index (χ0v) is 15.0. The van der Waals surface area contributed by atoms with E-state index in [1.54, 1.807) is 21.3 Å². The quantitative estimate of drug-likeness (QED) is 0.694. The predicted octanol–water partition coefficient (Wildman–Crippen LogP) is 4.31. The first-order valence-electron chi connectivity index (χ1n) is 8.17. The number of fused-ring (bicyclic) bond motifs is 1. The standard InChI is InChI=1S/C20H23NO4/c1-13(17-11-15-7-5-6-8-16(15)25-17)21-12-14-9-18(22-2)20(24-4)19(10-14)23-3/h5-11,13,21H,12H2,1-4H3. The molecule has 2 aromatic carbocycles. The Morgan fingerprint density at radius 2 is 1.64 bits per heavy atom. The normalized spacial score (nSPS) is 12.2. The van der Waals surface area contributed by atoms with E-state index in [0.29, 0.717) is 23.8 Å². The van der Waals surface area contributed by atoms with Crippen LogP contribution in [-0.2, 0) is 6.54 Å². The first kappa shape index (κ1) is 17.2. The van der Waals surface area contributed by atoms with E-state index in [4.69, 9.17) is 18.6 Å². The number of methoxy groups -OCH3 is 3. The van der Waals surface area contributed by atoms with Gasteiger partial charge in [0.15, 0.2) is 11.5 Å². The molecule has 5 nitrogen and oxygen atoms in total. The molecule has 0 aliphatic carbocycles. The number of rotatable bonds is 7. The second kappa shape index (κ2) is 7.49. The lowest BCUT2D eigenvalue weighted by Crippen LogP contribution is -2.17. The molecule has 1 aromatic heterocycles. The van der Waals surface area contributed by atoms with Gasteiger partial charge in [-0.3, -0.25) is 0 Å². The lowest BCUT2D eigenvalue weighted by molar-refractivity contribution is 0.323. The van der Waals surface area contributed by atoms with Gasteiger partial charge >= 0.3 is 0 Å². The van der Waals surface area contributed by atoms with Crippen molar-refractivity contribution in [1.82, 2.24) is 5.32 Å². The Morgan fingerprint density at radius 1 is 0.960 bits per heavy atom. The first-order valence-corrected chi connectivity index (χ1v) is 8.17. The Kier molecular flexibility index (Phi) is 5.14. The Hall–Kier alpha value is -2.66. The van der Waals surface area contributed by atoms with E-state index in [1.807, 2.05) is 36.4 Å². The largest absolute Gasteiger partial charge is 0.493 e. The minimum atomic E-state index is 0.0755. The van der Waals surface area contributed by atoms with Gasteiger partial charge in [0.25, 0.3) is 0 Å². The number of benzene rings is 2. The molecule has 0 saturated heterocycles. The van der Waals surface area contributed by atoms with Crippen LogP contribution in [0.5, 0.6) is 17.2 Å². The van der Waals surface area contributed by atoms with Gasteiger partial charge in [0.05, 0.1) is 27.4 Å². The molecular weight excluding hydrogens is 318 g/mol. The van der Waals surface area contributed by atoms with E-state index in [0.717, 1.165) is 22.3 Å². The fourth-order valence-corrected chi connectivity index (χ4v) is 2.82. The third-order valence-electron chi connectivity index (χ3n) is 4.21. The Morgan fingerprint density at radius 3 is 2.24 bits per heavy atom. The van der Waals surface area contributed by atoms with Crippen LogP contribution in [0.4, 0.5) is 0 Å². The van der Waals surface area contributed by atoms with Crippen molar-refractivity contribution in [3.8, 4) is 17.2 Å². The maximum Gasteiger partial charge on any atom is 0.203 e. The zero-order valence-electron chi connectivity index (χ0n) is 15.0. The van der Waals surface area contributed by atoms with Crippen LogP contribution in [0.1, 0.15) is 24.3 Å². The van der Waals surface area contributed by atoms with Crippen LogP contribution >= 0.6 is 0 Å². The van der Waals surface area contributed by atoms with Crippen LogP contribution < -0.4 is 19.5 Å². The van der Waals surface area contributed by atoms with E-state index in [9.17, 15) is 0 Å². The van der Waals surface area contributed by atoms with Crippen LogP contribution in [0.25, 0.3) is 11.0 Å². The molecule has 1 atom stereocenters. The van der Waals surface area contributed by atoms with E-state index in [1.165, 1.54) is 0 Å². The van der Waals surface area contributed by atoms with Gasteiger partial charge in [-0.2, -0.15) is 0 Å². The van der Waals surface area contributed by atoms with Gasteiger partial charge in [-0.1, -0.05) is 18.2 Å². The molecular formula is C20H23NO4. The highest BCUT2D eigenvalue weighted by molar-refractivity contribution is 5.77. The Bertz CT molecular complexity index is 798. The van der Waals surface area contributed by atoms with Crippen LogP contribution in [-0.4, -0.2) is 21.3 Å². The molecule has 0 saturated carbocycles. The van der Waals surface area contributed by atoms with Gasteiger partial charge in [0, 0.05) is 11.9 Å². The topological polar surface area (TPSA) is 52.9 Å². The Balaban J connectivity index is 1.76. The summed E-state index contributed by atoms with van der Waals surface area (Å²) in [5.74, 6) is 2.80. The molecule has 0 radical (unpaired) electrons. The molecule has 1 heterocycles. The zero-order chi connectivity index (χ0) is 17.8. The second-order valence-electron chi connectivity index (χ2n) is 5.82. The summed E-state index contributed by atoms with van der Waals surface area (Å²) in [5.41, 5.74) is 1.94. The van der Waals surface area contributed by atoms with Crippen molar-refractivity contribution in [2.45, 2.75) is 19.5 Å². The summed E-state index contributed by atoms with van der Waals surface area (Å²) >= 11 is 0. The number of hydrogen-bond donors (Lipinski definition) is 1. The molecule has 3 aromatic rings. The number of ether oxygens (including phenoxy) is 3. The highest BCUT2D eigenvalue weighted by atomic mass is 16.5. The van der Waals surface area contributed by atoms with E-state index in [2.05, 4.69) is 18.3 Å². The summed E-state index contributed by atoms with van der Waals surface area (Å²) in [7, 11) is 4.83. The molecule has 1 N–H and O–H groups in total. The fraction of sp³-hybridized carbons (Fsp3) is 0.300. The third kappa shape index (κ3) is 3.56. The van der Waals surface area contributed by atoms with E-state index >= 15 is 0 Å². The Labute approximate surface area is 147 Å². The molecule has 25 heavy (non-hydrogen) atoms. The van der Waals surface area contributed by atoms with Gasteiger partial charge < -0.3 is 23.9 Å². The molecule has 0 spiro atoms. The van der Waals surface area contributed by atoms with Crippen LogP contribution in [0, 0.1) is 0 Å². The molecule has 132 valence electrons. The molecule has 0 aliphatic rings. The van der Waals surface area contributed by atoms with Gasteiger partial charge in [-0.15, -0.1) is 0 Å². The highest BCUT2D eigenvalue weighted by Gasteiger charge is 2.15. The van der Waals surface area contributed by atoms with Gasteiger partial charge in [0.2, 0.25) is 5.75 Å². The molecule has 5 heteroatoms. The minimum absolute atomic E-state index is 0.0755. The van der Waals surface area contributed by atoms with Gasteiger partial charge in [-0.25, -0.2) is 0 Å². The van der Waals surface area contributed by atoms with Crippen LogP contribution in [0.3, 0.4) is 0 Å². The molecule has 0 fully saturated rings. The molecule has 3 rings (SSSR count). The summed E-state index contributed by atoms with van der Waals surface area (Å²) in [4.78, 5) is 0. The van der Waals surface area contributed by atoms with Gasteiger partial charge in [-0.05, 0) is 36.8 Å². The van der Waals surface area contributed by atoms with Gasteiger partial charge in [0.1, 0.15) is 11.3 Å².